The highest BCUT2D eigenvalue weighted by Crippen LogP contribution is 2.41. The quantitative estimate of drug-likeness (QED) is 0.200. The molecule has 0 aliphatic heterocycles. The molecule has 5 N–H and O–H groups in total. The predicted octanol–water partition coefficient (Wildman–Crippen LogP) is 1.82. The number of aromatic nitrogens is 1. The van der Waals surface area contributed by atoms with Crippen molar-refractivity contribution in [2.45, 2.75) is 57.1 Å². The normalized spacial score (nSPS) is 19.9. The molecule has 0 saturated heterocycles. The predicted molar refractivity (Wildman–Crippen MR) is 102 cm³/mol. The van der Waals surface area contributed by atoms with Crippen LogP contribution in [-0.2, 0) is 4.79 Å². The van der Waals surface area contributed by atoms with Crippen molar-refractivity contribution in [3.63, 3.8) is 0 Å². The van der Waals surface area contributed by atoms with Gasteiger partial charge in [0.05, 0.1) is 0 Å². The second-order valence-electron chi connectivity index (χ2n) is 7.72. The molecule has 1 aromatic rings. The van der Waals surface area contributed by atoms with Gasteiger partial charge in [0, 0.05) is 35.7 Å². The molecule has 2 unspecified atom stereocenters. The number of amides is 1. The highest BCUT2D eigenvalue weighted by Gasteiger charge is 2.43. The molecule has 1 amide bonds. The van der Waals surface area contributed by atoms with Crippen LogP contribution >= 0.6 is 0 Å². The van der Waals surface area contributed by atoms with Gasteiger partial charge < -0.3 is 15.0 Å². The summed E-state index contributed by atoms with van der Waals surface area (Å²) in [4.78, 5) is 12.3. The molecule has 2 aliphatic carbocycles. The lowest BCUT2D eigenvalue weighted by Crippen LogP contribution is -2.59. The molecule has 28 heavy (non-hydrogen) atoms. The fraction of sp³-hybridized carbons (Fsp3) is 0.550. The van der Waals surface area contributed by atoms with Crippen molar-refractivity contribution >= 4 is 11.6 Å². The molecule has 0 aromatic carbocycles. The Morgan fingerprint density at radius 1 is 1.50 bits per heavy atom. The third-order valence-electron chi connectivity index (χ3n) is 5.01. The third-order valence-corrected chi connectivity index (χ3v) is 5.01. The van der Waals surface area contributed by atoms with E-state index in [-0.39, 0.29) is 18.0 Å². The molecule has 2 fully saturated rings. The zero-order valence-electron chi connectivity index (χ0n) is 16.1. The van der Waals surface area contributed by atoms with E-state index in [0.717, 1.165) is 31.3 Å². The maximum Gasteiger partial charge on any atom is 0.266 e. The number of hydroxylamine groups is 1. The number of rotatable bonds is 8. The molecular weight excluding hydrogens is 360 g/mol. The van der Waals surface area contributed by atoms with Crippen LogP contribution in [0.25, 0.3) is 0 Å². The van der Waals surface area contributed by atoms with E-state index in [1.54, 1.807) is 17.6 Å². The molecule has 0 bridgehead atoms. The summed E-state index contributed by atoms with van der Waals surface area (Å²) in [6.45, 7) is 3.26. The summed E-state index contributed by atoms with van der Waals surface area (Å²) < 4.78 is 5.25. The molecular formula is C20H26N4O4. The van der Waals surface area contributed by atoms with Gasteiger partial charge in [-0.05, 0) is 45.6 Å². The number of hydrogen-bond donors (Lipinski definition) is 5. The standard InChI is InChI=1S/C20H26N4O4/c1-12(3-4-13-5-6-13)9-15(21)11-22-20(2,19(26)23-27)18(25)16-10-17(28-24-16)14-7-8-14/h9-10,13-14,18,21-22,25,27H,5-8,11H2,1-2H3,(H,23,26)/b12-9+,21-15?. The summed E-state index contributed by atoms with van der Waals surface area (Å²) in [5, 5.41) is 34.7. The van der Waals surface area contributed by atoms with Crippen LogP contribution < -0.4 is 10.8 Å². The van der Waals surface area contributed by atoms with E-state index in [2.05, 4.69) is 22.3 Å². The Morgan fingerprint density at radius 2 is 2.21 bits per heavy atom. The van der Waals surface area contributed by atoms with Crippen LogP contribution in [0.3, 0.4) is 0 Å². The van der Waals surface area contributed by atoms with Gasteiger partial charge >= 0.3 is 0 Å². The summed E-state index contributed by atoms with van der Waals surface area (Å²) in [5.41, 5.74) is 1.13. The van der Waals surface area contributed by atoms with Crippen molar-refractivity contribution in [3.8, 4) is 11.8 Å². The first-order valence-corrected chi connectivity index (χ1v) is 9.45. The Hall–Kier alpha value is -2.47. The van der Waals surface area contributed by atoms with Crippen LogP contribution in [0.5, 0.6) is 0 Å². The number of carbonyl (C=O) groups excluding carboxylic acids is 1. The van der Waals surface area contributed by atoms with Crippen LogP contribution in [0.4, 0.5) is 0 Å². The Balaban J connectivity index is 1.67. The lowest BCUT2D eigenvalue weighted by molar-refractivity contribution is -0.140. The first kappa shape index (κ1) is 20.3. The molecule has 0 spiro atoms. The summed E-state index contributed by atoms with van der Waals surface area (Å²) in [5.74, 6) is 6.79. The lowest BCUT2D eigenvalue weighted by Gasteiger charge is -2.32. The van der Waals surface area contributed by atoms with Crippen LogP contribution in [0.15, 0.2) is 22.2 Å². The Bertz CT molecular complexity index is 842. The average Bonchev–Trinajstić information content (AvgIpc) is 3.62. The molecule has 1 aromatic heterocycles. The van der Waals surface area contributed by atoms with Crippen molar-refractivity contribution in [2.75, 3.05) is 6.54 Å². The van der Waals surface area contributed by atoms with Gasteiger partial charge in [0.15, 0.2) is 0 Å². The largest absolute Gasteiger partial charge is 0.384 e. The molecule has 2 atom stereocenters. The first-order chi connectivity index (χ1) is 13.3. The molecule has 2 saturated carbocycles. The maximum atomic E-state index is 12.3. The van der Waals surface area contributed by atoms with Crippen molar-refractivity contribution in [3.05, 3.63) is 29.2 Å². The fourth-order valence-electron chi connectivity index (χ4n) is 2.78. The van der Waals surface area contributed by atoms with Gasteiger partial charge in [-0.25, -0.2) is 5.48 Å². The van der Waals surface area contributed by atoms with Gasteiger partial charge in [-0.15, -0.1) is 0 Å². The number of allylic oxidation sites excluding steroid dienone is 1. The summed E-state index contributed by atoms with van der Waals surface area (Å²) in [6.07, 6.45) is 4.55. The molecule has 8 nitrogen and oxygen atoms in total. The van der Waals surface area contributed by atoms with Gasteiger partial charge in [0.2, 0.25) is 0 Å². The number of nitrogens with one attached hydrogen (secondary N) is 3. The number of aliphatic hydroxyl groups excluding tert-OH is 1. The minimum atomic E-state index is -1.61. The fourth-order valence-corrected chi connectivity index (χ4v) is 2.78. The average molecular weight is 386 g/mol. The number of nitrogens with zero attached hydrogens (tertiary/aromatic N) is 1. The molecule has 3 rings (SSSR count). The van der Waals surface area contributed by atoms with E-state index >= 15 is 0 Å². The van der Waals surface area contributed by atoms with E-state index in [1.807, 2.05) is 6.92 Å². The minimum absolute atomic E-state index is 0.00321. The van der Waals surface area contributed by atoms with Gasteiger partial charge in [-0.1, -0.05) is 17.0 Å². The van der Waals surface area contributed by atoms with Crippen molar-refractivity contribution in [2.24, 2.45) is 5.92 Å². The second-order valence-corrected chi connectivity index (χ2v) is 7.72. The van der Waals surface area contributed by atoms with Crippen LogP contribution in [0.1, 0.15) is 63.0 Å². The number of aliphatic hydroxyl groups is 1. The summed E-state index contributed by atoms with van der Waals surface area (Å²) in [7, 11) is 0. The SMILES string of the molecule is C/C(C#CC1CC1)=C\C(=N)CNC(C)(C(=O)NO)C(O)c1cc(C2CC2)on1. The summed E-state index contributed by atoms with van der Waals surface area (Å²) in [6, 6.07) is 1.63. The van der Waals surface area contributed by atoms with Gasteiger partial charge in [-0.2, -0.15) is 0 Å². The van der Waals surface area contributed by atoms with Crippen LogP contribution in [-0.4, -0.2) is 39.2 Å². The topological polar surface area (TPSA) is 131 Å². The van der Waals surface area contributed by atoms with E-state index in [4.69, 9.17) is 15.1 Å². The third kappa shape index (κ3) is 4.87. The van der Waals surface area contributed by atoms with Gasteiger partial charge in [0.25, 0.3) is 5.91 Å². The molecule has 8 heteroatoms. The van der Waals surface area contributed by atoms with Crippen molar-refractivity contribution < 1.29 is 19.6 Å². The summed E-state index contributed by atoms with van der Waals surface area (Å²) >= 11 is 0. The molecule has 150 valence electrons. The lowest BCUT2D eigenvalue weighted by atomic mass is 9.90. The highest BCUT2D eigenvalue weighted by atomic mass is 16.5. The first-order valence-electron chi connectivity index (χ1n) is 9.45. The zero-order valence-corrected chi connectivity index (χ0v) is 16.1. The Kier molecular flexibility index (Phi) is 5.98. The monoisotopic (exact) mass is 386 g/mol. The Labute approximate surface area is 163 Å². The van der Waals surface area contributed by atoms with Crippen molar-refractivity contribution in [1.82, 2.24) is 16.0 Å². The molecule has 2 aliphatic rings. The van der Waals surface area contributed by atoms with Gasteiger partial charge in [0.1, 0.15) is 23.1 Å². The second kappa shape index (κ2) is 8.27. The van der Waals surface area contributed by atoms with E-state index in [9.17, 15) is 9.90 Å². The van der Waals surface area contributed by atoms with Crippen LogP contribution in [0.2, 0.25) is 0 Å². The highest BCUT2D eigenvalue weighted by molar-refractivity contribution is 5.96. The minimum Gasteiger partial charge on any atom is -0.384 e. The van der Waals surface area contributed by atoms with Crippen LogP contribution in [0, 0.1) is 23.2 Å². The van der Waals surface area contributed by atoms with E-state index in [1.165, 1.54) is 6.92 Å². The van der Waals surface area contributed by atoms with E-state index in [0.29, 0.717) is 17.6 Å². The molecule has 0 radical (unpaired) electrons. The van der Waals surface area contributed by atoms with Crippen molar-refractivity contribution in [1.29, 1.82) is 5.41 Å². The zero-order chi connectivity index (χ0) is 20.3. The smallest absolute Gasteiger partial charge is 0.266 e. The number of hydrogen-bond acceptors (Lipinski definition) is 7. The van der Waals surface area contributed by atoms with Gasteiger partial charge in [-0.3, -0.25) is 15.3 Å². The van der Waals surface area contributed by atoms with E-state index < -0.39 is 17.6 Å². The number of carbonyl (C=O) groups is 1. The maximum absolute atomic E-state index is 12.3. The Morgan fingerprint density at radius 3 is 2.82 bits per heavy atom. The molecule has 1 heterocycles.